The van der Waals surface area contributed by atoms with E-state index >= 15 is 0 Å². The lowest BCUT2D eigenvalue weighted by atomic mass is 10.2. The first-order chi connectivity index (χ1) is 13.0. The molecule has 3 rings (SSSR count). The molecule has 1 aliphatic heterocycles. The Balaban J connectivity index is 1.53. The molecule has 1 aliphatic rings. The third-order valence-electron chi connectivity index (χ3n) is 4.11. The summed E-state index contributed by atoms with van der Waals surface area (Å²) in [6, 6.07) is 13.5. The third-order valence-corrected chi connectivity index (χ3v) is 5.98. The summed E-state index contributed by atoms with van der Waals surface area (Å²) in [7, 11) is -1.70. The fourth-order valence-electron chi connectivity index (χ4n) is 2.77. The van der Waals surface area contributed by atoms with Gasteiger partial charge in [0.25, 0.3) is 0 Å². The lowest BCUT2D eigenvalue weighted by Gasteiger charge is -2.17. The number of benzene rings is 2. The molecular weight excluding hydrogens is 370 g/mol. The minimum atomic E-state index is -3.29. The molecule has 8 heteroatoms. The molecular formula is C19H21NO6S. The molecule has 0 aliphatic carbocycles. The number of carbonyl (C=O) groups excluding carboxylic acids is 1. The molecule has 0 N–H and O–H groups in total. The first-order valence-corrected chi connectivity index (χ1v) is 10.1. The number of ether oxygens (including phenoxy) is 3. The maximum absolute atomic E-state index is 12.2. The molecule has 1 heterocycles. The maximum Gasteiger partial charge on any atom is 0.338 e. The van der Waals surface area contributed by atoms with Crippen LogP contribution < -0.4 is 13.8 Å². The van der Waals surface area contributed by atoms with Gasteiger partial charge in [-0.3, -0.25) is 4.31 Å². The quantitative estimate of drug-likeness (QED) is 0.533. The fraction of sp³-hybridized carbons (Fsp3) is 0.316. The standard InChI is InChI=1S/C19H21NO6S/c1-24-17-6-8-18(9-7-17)25-11-12-26-19(21)15-4-2-5-16(14-15)20-10-3-13-27(20,22)23/h2,4-9,14H,3,10-13H2,1H3. The number of carbonyl (C=O) groups is 1. The summed E-state index contributed by atoms with van der Waals surface area (Å²) in [5.41, 5.74) is 0.787. The van der Waals surface area contributed by atoms with Gasteiger partial charge in [0.15, 0.2) is 0 Å². The Kier molecular flexibility index (Phi) is 5.85. The Morgan fingerprint density at radius 2 is 1.81 bits per heavy atom. The summed E-state index contributed by atoms with van der Waals surface area (Å²) < 4.78 is 41.1. The van der Waals surface area contributed by atoms with E-state index < -0.39 is 16.0 Å². The second-order valence-corrected chi connectivity index (χ2v) is 7.96. The highest BCUT2D eigenvalue weighted by molar-refractivity contribution is 7.93. The molecule has 0 aromatic heterocycles. The van der Waals surface area contributed by atoms with Crippen molar-refractivity contribution in [1.82, 2.24) is 0 Å². The Bertz CT molecular complexity index is 895. The number of anilines is 1. The lowest BCUT2D eigenvalue weighted by Crippen LogP contribution is -2.25. The molecule has 7 nitrogen and oxygen atoms in total. The van der Waals surface area contributed by atoms with Crippen molar-refractivity contribution in [3.05, 3.63) is 54.1 Å². The van der Waals surface area contributed by atoms with Gasteiger partial charge in [0.1, 0.15) is 24.7 Å². The number of sulfonamides is 1. The molecule has 0 unspecified atom stereocenters. The van der Waals surface area contributed by atoms with Crippen molar-refractivity contribution in [2.45, 2.75) is 6.42 Å². The number of hydrogen-bond acceptors (Lipinski definition) is 6. The zero-order valence-electron chi connectivity index (χ0n) is 15.0. The maximum atomic E-state index is 12.2. The topological polar surface area (TPSA) is 82.1 Å². The molecule has 2 aromatic carbocycles. The van der Waals surface area contributed by atoms with Crippen LogP contribution in [-0.4, -0.2) is 47.0 Å². The Hall–Kier alpha value is -2.74. The van der Waals surface area contributed by atoms with E-state index in [-0.39, 0.29) is 19.0 Å². The highest BCUT2D eigenvalue weighted by Crippen LogP contribution is 2.25. The first-order valence-electron chi connectivity index (χ1n) is 8.54. The monoisotopic (exact) mass is 391 g/mol. The van der Waals surface area contributed by atoms with E-state index in [1.54, 1.807) is 49.6 Å². The number of rotatable bonds is 7. The van der Waals surface area contributed by atoms with Crippen LogP contribution in [0.25, 0.3) is 0 Å². The highest BCUT2D eigenvalue weighted by atomic mass is 32.2. The largest absolute Gasteiger partial charge is 0.497 e. The van der Waals surface area contributed by atoms with Crippen molar-refractivity contribution in [1.29, 1.82) is 0 Å². The van der Waals surface area contributed by atoms with Crippen molar-refractivity contribution in [3.8, 4) is 11.5 Å². The summed E-state index contributed by atoms with van der Waals surface area (Å²) in [6.07, 6.45) is 0.583. The molecule has 1 fully saturated rings. The van der Waals surface area contributed by atoms with Gasteiger partial charge in [-0.15, -0.1) is 0 Å². The molecule has 0 amide bonds. The van der Waals surface area contributed by atoms with Crippen LogP contribution in [0.1, 0.15) is 16.8 Å². The van der Waals surface area contributed by atoms with Crippen LogP contribution in [0.5, 0.6) is 11.5 Å². The van der Waals surface area contributed by atoms with Gasteiger partial charge in [-0.1, -0.05) is 6.07 Å². The van der Waals surface area contributed by atoms with Crippen molar-refractivity contribution < 1.29 is 27.4 Å². The van der Waals surface area contributed by atoms with Gasteiger partial charge in [0.2, 0.25) is 10.0 Å². The lowest BCUT2D eigenvalue weighted by molar-refractivity contribution is 0.0450. The van der Waals surface area contributed by atoms with Crippen LogP contribution in [0, 0.1) is 0 Å². The van der Waals surface area contributed by atoms with Crippen LogP contribution in [0.3, 0.4) is 0 Å². The molecule has 0 saturated carbocycles. The van der Waals surface area contributed by atoms with Gasteiger partial charge in [-0.2, -0.15) is 0 Å². The summed E-state index contributed by atoms with van der Waals surface area (Å²) in [4.78, 5) is 12.2. The van der Waals surface area contributed by atoms with Crippen molar-refractivity contribution >= 4 is 21.7 Å². The average Bonchev–Trinajstić information content (AvgIpc) is 3.04. The van der Waals surface area contributed by atoms with E-state index in [2.05, 4.69) is 0 Å². The van der Waals surface area contributed by atoms with Gasteiger partial charge in [-0.05, 0) is 48.9 Å². The third kappa shape index (κ3) is 4.71. The van der Waals surface area contributed by atoms with Crippen LogP contribution in [0.15, 0.2) is 48.5 Å². The van der Waals surface area contributed by atoms with Crippen molar-refractivity contribution in [2.75, 3.05) is 36.9 Å². The molecule has 0 radical (unpaired) electrons. The van der Waals surface area contributed by atoms with Crippen molar-refractivity contribution in [3.63, 3.8) is 0 Å². The SMILES string of the molecule is COc1ccc(OCCOC(=O)c2cccc(N3CCCS3(=O)=O)c2)cc1. The normalized spacial score (nSPS) is 15.4. The number of nitrogens with zero attached hydrogens (tertiary/aromatic N) is 1. The first kappa shape index (κ1) is 19.0. The smallest absolute Gasteiger partial charge is 0.338 e. The molecule has 27 heavy (non-hydrogen) atoms. The molecule has 0 spiro atoms. The molecule has 2 aromatic rings. The summed E-state index contributed by atoms with van der Waals surface area (Å²) >= 11 is 0. The Labute approximate surface area is 158 Å². The van der Waals surface area contributed by atoms with Crippen LogP contribution in [0.2, 0.25) is 0 Å². The van der Waals surface area contributed by atoms with E-state index in [0.29, 0.717) is 30.0 Å². The van der Waals surface area contributed by atoms with E-state index in [4.69, 9.17) is 14.2 Å². The van der Waals surface area contributed by atoms with Crippen molar-refractivity contribution in [2.24, 2.45) is 0 Å². The van der Waals surface area contributed by atoms with Gasteiger partial charge in [0.05, 0.1) is 24.1 Å². The van der Waals surface area contributed by atoms with Gasteiger partial charge >= 0.3 is 5.97 Å². The zero-order valence-corrected chi connectivity index (χ0v) is 15.8. The minimum Gasteiger partial charge on any atom is -0.497 e. The second-order valence-electron chi connectivity index (χ2n) is 5.95. The van der Waals surface area contributed by atoms with Crippen LogP contribution in [-0.2, 0) is 14.8 Å². The van der Waals surface area contributed by atoms with Crippen LogP contribution in [0.4, 0.5) is 5.69 Å². The predicted octanol–water partition coefficient (Wildman–Crippen LogP) is 2.47. The second kappa shape index (κ2) is 8.30. The van der Waals surface area contributed by atoms with E-state index in [1.807, 2.05) is 0 Å². The van der Waals surface area contributed by atoms with E-state index in [0.717, 1.165) is 5.75 Å². The predicted molar refractivity (Wildman–Crippen MR) is 101 cm³/mol. The van der Waals surface area contributed by atoms with E-state index in [9.17, 15) is 13.2 Å². The molecule has 1 saturated heterocycles. The van der Waals surface area contributed by atoms with Gasteiger partial charge in [-0.25, -0.2) is 13.2 Å². The Morgan fingerprint density at radius 1 is 1.07 bits per heavy atom. The summed E-state index contributed by atoms with van der Waals surface area (Å²) in [5.74, 6) is 0.984. The number of esters is 1. The number of hydrogen-bond donors (Lipinski definition) is 0. The average molecular weight is 391 g/mol. The molecule has 0 bridgehead atoms. The summed E-state index contributed by atoms with van der Waals surface area (Å²) in [5, 5.41) is 0. The molecule has 0 atom stereocenters. The Morgan fingerprint density at radius 3 is 2.48 bits per heavy atom. The van der Waals surface area contributed by atoms with Crippen LogP contribution >= 0.6 is 0 Å². The highest BCUT2D eigenvalue weighted by Gasteiger charge is 2.28. The van der Waals surface area contributed by atoms with Gasteiger partial charge in [0, 0.05) is 6.54 Å². The minimum absolute atomic E-state index is 0.0805. The molecule has 144 valence electrons. The van der Waals surface area contributed by atoms with Gasteiger partial charge < -0.3 is 14.2 Å². The number of methoxy groups -OCH3 is 1. The zero-order chi connectivity index (χ0) is 19.3. The summed E-state index contributed by atoms with van der Waals surface area (Å²) in [6.45, 7) is 0.714. The fourth-order valence-corrected chi connectivity index (χ4v) is 4.32. The van der Waals surface area contributed by atoms with E-state index in [1.165, 1.54) is 10.4 Å².